The van der Waals surface area contributed by atoms with Gasteiger partial charge in [0.2, 0.25) is 0 Å². The molecule has 0 bridgehead atoms. The normalized spacial score (nSPS) is 15.4. The summed E-state index contributed by atoms with van der Waals surface area (Å²) in [6.45, 7) is 3.41. The molecule has 0 fully saturated rings. The SMILES string of the molecule is CCCCCC(CCCCCC(C(=O)O)C(CC(C)C(=O)O)C(=O)O)C(=O)O. The van der Waals surface area contributed by atoms with E-state index in [0.717, 1.165) is 19.3 Å². The number of carboxylic acids is 4. The summed E-state index contributed by atoms with van der Waals surface area (Å²) < 4.78 is 0. The van der Waals surface area contributed by atoms with Crippen LogP contribution in [0.3, 0.4) is 0 Å². The molecule has 4 N–H and O–H groups in total. The number of carbonyl (C=O) groups is 4. The second-order valence-corrected chi connectivity index (χ2v) is 7.53. The van der Waals surface area contributed by atoms with Crippen molar-refractivity contribution in [3.8, 4) is 0 Å². The summed E-state index contributed by atoms with van der Waals surface area (Å²) in [5.74, 6) is -8.27. The Hall–Kier alpha value is -2.12. The number of unbranched alkanes of at least 4 members (excludes halogenated alkanes) is 4. The molecule has 0 radical (unpaired) electrons. The lowest BCUT2D eigenvalue weighted by atomic mass is 9.81. The van der Waals surface area contributed by atoms with Gasteiger partial charge in [-0.2, -0.15) is 0 Å². The summed E-state index contributed by atoms with van der Waals surface area (Å²) in [7, 11) is 0. The van der Waals surface area contributed by atoms with Crippen LogP contribution in [0.1, 0.15) is 78.1 Å². The van der Waals surface area contributed by atoms with E-state index in [9.17, 15) is 34.5 Å². The fourth-order valence-corrected chi connectivity index (χ4v) is 3.38. The van der Waals surface area contributed by atoms with Crippen LogP contribution in [0.15, 0.2) is 0 Å². The second-order valence-electron chi connectivity index (χ2n) is 7.53. The summed E-state index contributed by atoms with van der Waals surface area (Å²) in [6, 6.07) is 0. The van der Waals surface area contributed by atoms with Crippen molar-refractivity contribution in [3.05, 3.63) is 0 Å². The van der Waals surface area contributed by atoms with Gasteiger partial charge >= 0.3 is 23.9 Å². The largest absolute Gasteiger partial charge is 0.481 e. The zero-order valence-corrected chi connectivity index (χ0v) is 16.8. The van der Waals surface area contributed by atoms with Crippen LogP contribution in [0.5, 0.6) is 0 Å². The van der Waals surface area contributed by atoms with Gasteiger partial charge in [0.25, 0.3) is 0 Å². The molecule has 0 aliphatic heterocycles. The zero-order chi connectivity index (χ0) is 21.7. The molecule has 0 heterocycles. The summed E-state index contributed by atoms with van der Waals surface area (Å²) in [4.78, 5) is 45.2. The van der Waals surface area contributed by atoms with E-state index in [2.05, 4.69) is 6.92 Å². The van der Waals surface area contributed by atoms with E-state index in [1.165, 1.54) is 6.92 Å². The molecule has 8 heteroatoms. The fraction of sp³-hybridized carbons (Fsp3) is 0.800. The Morgan fingerprint density at radius 1 is 0.643 bits per heavy atom. The molecule has 0 aromatic carbocycles. The van der Waals surface area contributed by atoms with Crippen molar-refractivity contribution in [2.24, 2.45) is 23.7 Å². The summed E-state index contributed by atoms with van der Waals surface area (Å²) in [5, 5.41) is 37.0. The van der Waals surface area contributed by atoms with Crippen molar-refractivity contribution in [2.45, 2.75) is 78.1 Å². The number of rotatable bonds is 17. The Morgan fingerprint density at radius 3 is 1.57 bits per heavy atom. The van der Waals surface area contributed by atoms with Crippen LogP contribution in [-0.4, -0.2) is 44.3 Å². The number of hydrogen-bond acceptors (Lipinski definition) is 4. The first kappa shape index (κ1) is 25.9. The van der Waals surface area contributed by atoms with Crippen molar-refractivity contribution in [2.75, 3.05) is 0 Å². The highest BCUT2D eigenvalue weighted by atomic mass is 16.4. The first-order valence-corrected chi connectivity index (χ1v) is 10.0. The second kappa shape index (κ2) is 14.0. The number of hydrogen-bond donors (Lipinski definition) is 4. The lowest BCUT2D eigenvalue weighted by Crippen LogP contribution is -2.32. The third-order valence-corrected chi connectivity index (χ3v) is 5.22. The van der Waals surface area contributed by atoms with Crippen LogP contribution in [0.2, 0.25) is 0 Å². The van der Waals surface area contributed by atoms with Gasteiger partial charge in [0.05, 0.1) is 23.7 Å². The molecule has 0 aliphatic carbocycles. The van der Waals surface area contributed by atoms with Gasteiger partial charge in [-0.1, -0.05) is 52.4 Å². The van der Waals surface area contributed by atoms with E-state index in [-0.39, 0.29) is 12.8 Å². The van der Waals surface area contributed by atoms with E-state index < -0.39 is 47.5 Å². The highest BCUT2D eigenvalue weighted by Crippen LogP contribution is 2.27. The Kier molecular flexibility index (Phi) is 12.9. The van der Waals surface area contributed by atoms with Gasteiger partial charge in [-0.3, -0.25) is 19.2 Å². The van der Waals surface area contributed by atoms with Gasteiger partial charge in [-0.15, -0.1) is 0 Å². The molecule has 0 saturated heterocycles. The van der Waals surface area contributed by atoms with Gasteiger partial charge in [-0.05, 0) is 25.7 Å². The Labute approximate surface area is 165 Å². The van der Waals surface area contributed by atoms with Crippen molar-refractivity contribution < 1.29 is 39.6 Å². The molecule has 4 atom stereocenters. The van der Waals surface area contributed by atoms with Crippen molar-refractivity contribution in [3.63, 3.8) is 0 Å². The minimum absolute atomic E-state index is 0.131. The first-order chi connectivity index (χ1) is 13.1. The molecule has 4 unspecified atom stereocenters. The van der Waals surface area contributed by atoms with E-state index in [1.807, 2.05) is 0 Å². The van der Waals surface area contributed by atoms with Crippen molar-refractivity contribution in [1.82, 2.24) is 0 Å². The van der Waals surface area contributed by atoms with Gasteiger partial charge in [0, 0.05) is 0 Å². The maximum Gasteiger partial charge on any atom is 0.307 e. The van der Waals surface area contributed by atoms with Crippen LogP contribution in [0.25, 0.3) is 0 Å². The van der Waals surface area contributed by atoms with Gasteiger partial charge in [0.15, 0.2) is 0 Å². The quantitative estimate of drug-likeness (QED) is 0.269. The van der Waals surface area contributed by atoms with E-state index in [1.54, 1.807) is 0 Å². The molecule has 28 heavy (non-hydrogen) atoms. The predicted molar refractivity (Wildman–Crippen MR) is 102 cm³/mol. The molecule has 0 spiro atoms. The van der Waals surface area contributed by atoms with Crippen LogP contribution < -0.4 is 0 Å². The minimum Gasteiger partial charge on any atom is -0.481 e. The Balaban J connectivity index is 4.57. The van der Waals surface area contributed by atoms with Gasteiger partial charge in [-0.25, -0.2) is 0 Å². The third-order valence-electron chi connectivity index (χ3n) is 5.22. The lowest BCUT2D eigenvalue weighted by Gasteiger charge is -2.22. The fourth-order valence-electron chi connectivity index (χ4n) is 3.38. The minimum atomic E-state index is -1.30. The average molecular weight is 402 g/mol. The molecular weight excluding hydrogens is 368 g/mol. The third kappa shape index (κ3) is 10.3. The molecule has 0 aliphatic rings. The standard InChI is InChI=1S/C20H34O8/c1-3-4-6-9-14(18(23)24)10-7-5-8-11-15(19(25)26)16(20(27)28)12-13(2)17(21)22/h13-16H,3-12H2,1-2H3,(H,21,22)(H,23,24)(H,25,26)(H,27,28). The molecule has 0 aromatic heterocycles. The topological polar surface area (TPSA) is 149 Å². The summed E-state index contributed by atoms with van der Waals surface area (Å²) >= 11 is 0. The van der Waals surface area contributed by atoms with Gasteiger partial charge < -0.3 is 20.4 Å². The van der Waals surface area contributed by atoms with E-state index in [4.69, 9.17) is 5.11 Å². The molecule has 0 saturated carbocycles. The van der Waals surface area contributed by atoms with Crippen LogP contribution in [0, 0.1) is 23.7 Å². The maximum atomic E-state index is 11.5. The Bertz CT molecular complexity index is 516. The molecule has 162 valence electrons. The van der Waals surface area contributed by atoms with Gasteiger partial charge in [0.1, 0.15) is 0 Å². The van der Waals surface area contributed by atoms with Crippen molar-refractivity contribution in [1.29, 1.82) is 0 Å². The Morgan fingerprint density at radius 2 is 1.14 bits per heavy atom. The first-order valence-electron chi connectivity index (χ1n) is 10.0. The molecule has 8 nitrogen and oxygen atoms in total. The zero-order valence-electron chi connectivity index (χ0n) is 16.8. The van der Waals surface area contributed by atoms with E-state index in [0.29, 0.717) is 32.1 Å². The molecular formula is C20H34O8. The molecule has 0 aromatic rings. The molecule has 0 amide bonds. The van der Waals surface area contributed by atoms with Crippen molar-refractivity contribution >= 4 is 23.9 Å². The maximum absolute atomic E-state index is 11.5. The summed E-state index contributed by atoms with van der Waals surface area (Å²) in [6.07, 6.45) is 5.65. The monoisotopic (exact) mass is 402 g/mol. The molecule has 0 rings (SSSR count). The smallest absolute Gasteiger partial charge is 0.307 e. The lowest BCUT2D eigenvalue weighted by molar-refractivity contribution is -0.156. The van der Waals surface area contributed by atoms with Crippen LogP contribution >= 0.6 is 0 Å². The summed E-state index contributed by atoms with van der Waals surface area (Å²) in [5.41, 5.74) is 0. The number of aliphatic carboxylic acids is 4. The predicted octanol–water partition coefficient (Wildman–Crippen LogP) is 3.73. The van der Waals surface area contributed by atoms with E-state index >= 15 is 0 Å². The van der Waals surface area contributed by atoms with Crippen LogP contribution in [0.4, 0.5) is 0 Å². The van der Waals surface area contributed by atoms with Crippen LogP contribution in [-0.2, 0) is 19.2 Å². The highest BCUT2D eigenvalue weighted by molar-refractivity contribution is 5.80. The average Bonchev–Trinajstić information content (AvgIpc) is 2.60. The highest BCUT2D eigenvalue weighted by Gasteiger charge is 2.35. The number of carboxylic acid groups (broad SMARTS) is 4.